The lowest BCUT2D eigenvalue weighted by Crippen LogP contribution is -2.45. The van der Waals surface area contributed by atoms with Gasteiger partial charge in [0, 0.05) is 41.5 Å². The molecule has 33 heavy (non-hydrogen) atoms. The van der Waals surface area contributed by atoms with E-state index < -0.39 is 0 Å². The van der Waals surface area contributed by atoms with Gasteiger partial charge in [0.2, 0.25) is 5.91 Å². The molecule has 0 bridgehead atoms. The van der Waals surface area contributed by atoms with Crippen LogP contribution in [0.5, 0.6) is 0 Å². The van der Waals surface area contributed by atoms with E-state index in [-0.39, 0.29) is 18.4 Å². The van der Waals surface area contributed by atoms with Crippen LogP contribution in [0.3, 0.4) is 0 Å². The predicted molar refractivity (Wildman–Crippen MR) is 131 cm³/mol. The lowest BCUT2D eigenvalue weighted by Gasteiger charge is -2.31. The first-order valence-electron chi connectivity index (χ1n) is 10.4. The maximum Gasteiger partial charge on any atom is 0.272 e. The van der Waals surface area contributed by atoms with Crippen LogP contribution < -0.4 is 5.73 Å². The summed E-state index contributed by atoms with van der Waals surface area (Å²) in [4.78, 5) is 31.3. The first kappa shape index (κ1) is 20.9. The van der Waals surface area contributed by atoms with Crippen molar-refractivity contribution in [2.75, 3.05) is 12.8 Å². The first-order valence-corrected chi connectivity index (χ1v) is 11.2. The van der Waals surface area contributed by atoms with Crippen molar-refractivity contribution in [1.82, 2.24) is 24.8 Å². The van der Waals surface area contributed by atoms with Gasteiger partial charge in [0.25, 0.3) is 5.91 Å². The number of pyridine rings is 1. The van der Waals surface area contributed by atoms with Crippen LogP contribution in [0.2, 0.25) is 0 Å². The van der Waals surface area contributed by atoms with Crippen LogP contribution in [0.25, 0.3) is 31.9 Å². The number of amides is 2. The molecule has 0 radical (unpaired) electrons. The monoisotopic (exact) mass is 458 g/mol. The molecule has 166 valence electrons. The number of rotatable bonds is 3. The van der Waals surface area contributed by atoms with Crippen molar-refractivity contribution in [3.63, 3.8) is 0 Å². The number of nitrogen functional groups attached to an aromatic ring is 1. The van der Waals surface area contributed by atoms with E-state index in [2.05, 4.69) is 16.1 Å². The fourth-order valence-corrected chi connectivity index (χ4v) is 5.03. The standard InChI is InChI=1S/C24H22N6O2S/c1-14(31)29(3)30(13-17-10-15-6-4-5-7-21(15)33-17)24(32)16-8-9-20-18(11-16)22-19(23(25)27-20)12-26-28(22)2/h4-12H,13H2,1-3H3,(H2,25,27). The average Bonchev–Trinajstić information content (AvgIpc) is 3.40. The Labute approximate surface area is 193 Å². The molecule has 9 heteroatoms. The zero-order valence-corrected chi connectivity index (χ0v) is 19.3. The van der Waals surface area contributed by atoms with Gasteiger partial charge in [-0.25, -0.2) is 9.99 Å². The molecule has 0 saturated carbocycles. The summed E-state index contributed by atoms with van der Waals surface area (Å²) in [6.07, 6.45) is 1.67. The first-order chi connectivity index (χ1) is 15.8. The molecule has 2 N–H and O–H groups in total. The Hall–Kier alpha value is -3.98. The summed E-state index contributed by atoms with van der Waals surface area (Å²) in [6.45, 7) is 1.73. The van der Waals surface area contributed by atoms with Crippen LogP contribution in [0.15, 0.2) is 54.7 Å². The second kappa shape index (κ2) is 7.86. The van der Waals surface area contributed by atoms with Gasteiger partial charge in [0.05, 0.1) is 29.2 Å². The van der Waals surface area contributed by atoms with E-state index in [9.17, 15) is 9.59 Å². The van der Waals surface area contributed by atoms with Gasteiger partial charge in [-0.05, 0) is 35.7 Å². The molecule has 0 atom stereocenters. The van der Waals surface area contributed by atoms with Gasteiger partial charge in [0.15, 0.2) is 0 Å². The molecule has 0 fully saturated rings. The molecule has 0 aliphatic heterocycles. The minimum absolute atomic E-state index is 0.228. The molecule has 0 aliphatic rings. The summed E-state index contributed by atoms with van der Waals surface area (Å²) >= 11 is 1.61. The fourth-order valence-electron chi connectivity index (χ4n) is 3.99. The third-order valence-corrected chi connectivity index (χ3v) is 6.89. The van der Waals surface area contributed by atoms with Crippen LogP contribution >= 0.6 is 11.3 Å². The molecule has 8 nitrogen and oxygen atoms in total. The molecule has 0 saturated heterocycles. The molecule has 2 aromatic carbocycles. The number of hydrogen-bond donors (Lipinski definition) is 1. The van der Waals surface area contributed by atoms with Gasteiger partial charge in [-0.1, -0.05) is 18.2 Å². The number of thiophene rings is 1. The molecule has 5 aromatic rings. The third kappa shape index (κ3) is 3.56. The Bertz CT molecular complexity index is 1520. The molecular weight excluding hydrogens is 436 g/mol. The van der Waals surface area contributed by atoms with Gasteiger partial charge in [-0.15, -0.1) is 11.3 Å². The highest BCUT2D eigenvalue weighted by Gasteiger charge is 2.24. The van der Waals surface area contributed by atoms with Gasteiger partial charge >= 0.3 is 0 Å². The van der Waals surface area contributed by atoms with Crippen molar-refractivity contribution in [1.29, 1.82) is 0 Å². The lowest BCUT2D eigenvalue weighted by molar-refractivity contribution is -0.140. The molecule has 3 aromatic heterocycles. The third-order valence-electron chi connectivity index (χ3n) is 5.79. The second-order valence-electron chi connectivity index (χ2n) is 7.92. The molecule has 0 aliphatic carbocycles. The van der Waals surface area contributed by atoms with E-state index in [0.717, 1.165) is 31.3 Å². The number of aromatic nitrogens is 3. The van der Waals surface area contributed by atoms with Crippen molar-refractivity contribution in [2.45, 2.75) is 13.5 Å². The number of hydrazine groups is 1. The number of nitrogens with two attached hydrogens (primary N) is 1. The van der Waals surface area contributed by atoms with E-state index in [1.165, 1.54) is 16.9 Å². The summed E-state index contributed by atoms with van der Waals surface area (Å²) in [7, 11) is 3.43. The Kier molecular flexibility index (Phi) is 4.98. The highest BCUT2D eigenvalue weighted by molar-refractivity contribution is 7.19. The summed E-state index contributed by atoms with van der Waals surface area (Å²) in [5.41, 5.74) is 8.03. The topological polar surface area (TPSA) is 97.3 Å². The maximum absolute atomic E-state index is 13.6. The molecule has 0 unspecified atom stereocenters. The minimum atomic E-state index is -0.279. The average molecular weight is 459 g/mol. The number of hydrogen-bond acceptors (Lipinski definition) is 6. The number of fused-ring (bicyclic) bond motifs is 4. The van der Waals surface area contributed by atoms with E-state index in [4.69, 9.17) is 5.73 Å². The zero-order chi connectivity index (χ0) is 23.3. The van der Waals surface area contributed by atoms with Gasteiger partial charge < -0.3 is 5.73 Å². The summed E-state index contributed by atoms with van der Waals surface area (Å²) in [6, 6.07) is 15.4. The number of benzene rings is 2. The Morgan fingerprint density at radius 2 is 1.91 bits per heavy atom. The van der Waals surface area contributed by atoms with E-state index >= 15 is 0 Å². The highest BCUT2D eigenvalue weighted by atomic mass is 32.1. The molecule has 5 rings (SSSR count). The summed E-state index contributed by atoms with van der Waals surface area (Å²) in [5.74, 6) is -0.111. The number of carbonyl (C=O) groups is 2. The smallest absolute Gasteiger partial charge is 0.272 e. The lowest BCUT2D eigenvalue weighted by atomic mass is 10.1. The van der Waals surface area contributed by atoms with Gasteiger partial charge in [0.1, 0.15) is 5.82 Å². The van der Waals surface area contributed by atoms with Gasteiger partial charge in [-0.2, -0.15) is 5.10 Å². The SMILES string of the molecule is CC(=O)N(C)N(Cc1cc2ccccc2s1)C(=O)c1ccc2nc(N)c3cnn(C)c3c2c1. The largest absolute Gasteiger partial charge is 0.383 e. The van der Waals surface area contributed by atoms with E-state index in [0.29, 0.717) is 16.9 Å². The highest BCUT2D eigenvalue weighted by Crippen LogP contribution is 2.30. The number of nitrogens with zero attached hydrogens (tertiary/aromatic N) is 5. The van der Waals surface area contributed by atoms with Crippen molar-refractivity contribution in [3.8, 4) is 0 Å². The molecular formula is C24H22N6O2S. The van der Waals surface area contributed by atoms with Crippen LogP contribution in [0.4, 0.5) is 5.82 Å². The minimum Gasteiger partial charge on any atom is -0.383 e. The Morgan fingerprint density at radius 1 is 1.12 bits per heavy atom. The number of aryl methyl sites for hydroxylation is 1. The molecule has 0 spiro atoms. The van der Waals surface area contributed by atoms with Crippen molar-refractivity contribution < 1.29 is 9.59 Å². The number of anilines is 1. The van der Waals surface area contributed by atoms with Crippen LogP contribution in [0.1, 0.15) is 22.2 Å². The number of carbonyl (C=O) groups excluding carboxylic acids is 2. The van der Waals surface area contributed by atoms with E-state index in [1.54, 1.807) is 47.5 Å². The van der Waals surface area contributed by atoms with Crippen molar-refractivity contribution >= 4 is 60.9 Å². The quantitative estimate of drug-likeness (QED) is 0.413. The van der Waals surface area contributed by atoms with Crippen molar-refractivity contribution in [2.24, 2.45) is 7.05 Å². The maximum atomic E-state index is 13.6. The fraction of sp³-hybridized carbons (Fsp3) is 0.167. The predicted octanol–water partition coefficient (Wildman–Crippen LogP) is 3.95. The summed E-state index contributed by atoms with van der Waals surface area (Å²) < 4.78 is 2.86. The van der Waals surface area contributed by atoms with Crippen LogP contribution in [0, 0.1) is 0 Å². The zero-order valence-electron chi connectivity index (χ0n) is 18.4. The second-order valence-corrected chi connectivity index (χ2v) is 9.08. The summed E-state index contributed by atoms with van der Waals surface area (Å²) in [5, 5.41) is 9.75. The van der Waals surface area contributed by atoms with Crippen molar-refractivity contribution in [3.05, 3.63) is 65.2 Å². The molecule has 2 amide bonds. The van der Waals surface area contributed by atoms with Crippen LogP contribution in [-0.2, 0) is 18.4 Å². The Balaban J connectivity index is 1.58. The van der Waals surface area contributed by atoms with E-state index in [1.807, 2.05) is 31.3 Å². The van der Waals surface area contributed by atoms with Crippen LogP contribution in [-0.4, -0.2) is 43.6 Å². The normalized spacial score (nSPS) is 11.4. The molecule has 3 heterocycles. The Morgan fingerprint density at radius 3 is 2.67 bits per heavy atom. The van der Waals surface area contributed by atoms with Gasteiger partial charge in [-0.3, -0.25) is 19.3 Å².